The Morgan fingerprint density at radius 2 is 1.76 bits per heavy atom. The first-order chi connectivity index (χ1) is 14.0. The van der Waals surface area contributed by atoms with Gasteiger partial charge in [-0.1, -0.05) is 18.2 Å². The van der Waals surface area contributed by atoms with Crippen molar-refractivity contribution < 1.29 is 4.92 Å². The van der Waals surface area contributed by atoms with Crippen molar-refractivity contribution in [1.29, 1.82) is 0 Å². The minimum atomic E-state index is -0.524. The van der Waals surface area contributed by atoms with Crippen LogP contribution in [0.1, 0.15) is 11.3 Å². The van der Waals surface area contributed by atoms with Crippen LogP contribution >= 0.6 is 0 Å². The van der Waals surface area contributed by atoms with E-state index < -0.39 is 4.92 Å². The summed E-state index contributed by atoms with van der Waals surface area (Å²) >= 11 is 0. The highest BCUT2D eigenvalue weighted by Crippen LogP contribution is 2.34. The van der Waals surface area contributed by atoms with Crippen molar-refractivity contribution in [2.75, 3.05) is 10.6 Å². The van der Waals surface area contributed by atoms with Gasteiger partial charge in [0.25, 0.3) is 0 Å². The SMILES string of the molecule is Cc1ccnc(Nc2ncnc(Nc3cccc4ccc(C)nc34)c2[N+](=O)[O-])c1. The molecule has 3 aromatic heterocycles. The average molecular weight is 387 g/mol. The lowest BCUT2D eigenvalue weighted by Gasteiger charge is -2.11. The average Bonchev–Trinajstić information content (AvgIpc) is 2.68. The summed E-state index contributed by atoms with van der Waals surface area (Å²) in [6, 6.07) is 13.1. The zero-order chi connectivity index (χ0) is 20.4. The maximum absolute atomic E-state index is 11.8. The molecule has 0 saturated carbocycles. The molecule has 4 aromatic rings. The third-order valence-electron chi connectivity index (χ3n) is 4.28. The number of aromatic nitrogens is 4. The third kappa shape index (κ3) is 3.79. The fourth-order valence-electron chi connectivity index (χ4n) is 2.93. The van der Waals surface area contributed by atoms with Crippen LogP contribution in [0, 0.1) is 24.0 Å². The van der Waals surface area contributed by atoms with E-state index in [1.807, 2.05) is 44.2 Å². The van der Waals surface area contributed by atoms with Crippen molar-refractivity contribution in [1.82, 2.24) is 19.9 Å². The van der Waals surface area contributed by atoms with Crippen LogP contribution in [0.5, 0.6) is 0 Å². The first kappa shape index (κ1) is 18.2. The molecule has 9 nitrogen and oxygen atoms in total. The normalized spacial score (nSPS) is 10.7. The molecule has 2 N–H and O–H groups in total. The molecule has 0 bridgehead atoms. The van der Waals surface area contributed by atoms with Gasteiger partial charge >= 0.3 is 5.69 Å². The van der Waals surface area contributed by atoms with Gasteiger partial charge in [0.1, 0.15) is 12.1 Å². The predicted molar refractivity (Wildman–Crippen MR) is 111 cm³/mol. The second-order valence-corrected chi connectivity index (χ2v) is 6.47. The number of nitrogens with one attached hydrogen (secondary N) is 2. The van der Waals surface area contributed by atoms with Gasteiger partial charge in [0.2, 0.25) is 11.6 Å². The Morgan fingerprint density at radius 3 is 2.52 bits per heavy atom. The lowest BCUT2D eigenvalue weighted by atomic mass is 10.1. The zero-order valence-electron chi connectivity index (χ0n) is 15.7. The maximum atomic E-state index is 11.8. The Bertz CT molecular complexity index is 1230. The molecule has 0 aliphatic carbocycles. The number of para-hydroxylation sites is 1. The van der Waals surface area contributed by atoms with Crippen LogP contribution < -0.4 is 10.6 Å². The summed E-state index contributed by atoms with van der Waals surface area (Å²) in [7, 11) is 0. The molecule has 144 valence electrons. The molecule has 0 atom stereocenters. The summed E-state index contributed by atoms with van der Waals surface area (Å²) in [5, 5.41) is 18.7. The second kappa shape index (κ2) is 7.47. The number of hydrogen-bond donors (Lipinski definition) is 2. The van der Waals surface area contributed by atoms with Crippen LogP contribution in [0.25, 0.3) is 10.9 Å². The van der Waals surface area contributed by atoms with Gasteiger partial charge in [0.15, 0.2) is 0 Å². The summed E-state index contributed by atoms with van der Waals surface area (Å²) in [5.74, 6) is 0.575. The molecule has 0 radical (unpaired) electrons. The largest absolute Gasteiger partial charge is 0.353 e. The minimum Gasteiger partial charge on any atom is -0.332 e. The monoisotopic (exact) mass is 387 g/mol. The Morgan fingerprint density at radius 1 is 0.966 bits per heavy atom. The minimum absolute atomic E-state index is 0.0509. The second-order valence-electron chi connectivity index (χ2n) is 6.47. The van der Waals surface area contributed by atoms with Crippen LogP contribution in [0.3, 0.4) is 0 Å². The summed E-state index contributed by atoms with van der Waals surface area (Å²) in [4.78, 5) is 28.1. The Balaban J connectivity index is 1.77. The van der Waals surface area contributed by atoms with Crippen LogP contribution in [0.2, 0.25) is 0 Å². The van der Waals surface area contributed by atoms with E-state index in [2.05, 4.69) is 30.6 Å². The van der Waals surface area contributed by atoms with E-state index in [-0.39, 0.29) is 17.3 Å². The lowest BCUT2D eigenvalue weighted by molar-refractivity contribution is -0.383. The topological polar surface area (TPSA) is 119 Å². The summed E-state index contributed by atoms with van der Waals surface area (Å²) in [5.41, 5.74) is 2.86. The van der Waals surface area contributed by atoms with Crippen molar-refractivity contribution >= 4 is 39.7 Å². The predicted octanol–water partition coefficient (Wildman–Crippen LogP) is 4.43. The van der Waals surface area contributed by atoms with Crippen LogP contribution in [0.4, 0.5) is 28.8 Å². The smallest absolute Gasteiger partial charge is 0.332 e. The van der Waals surface area contributed by atoms with Crippen molar-refractivity contribution in [3.8, 4) is 0 Å². The van der Waals surface area contributed by atoms with Gasteiger partial charge in [-0.2, -0.15) is 0 Å². The number of nitrogens with zero attached hydrogens (tertiary/aromatic N) is 5. The van der Waals surface area contributed by atoms with Gasteiger partial charge in [0.05, 0.1) is 16.1 Å². The third-order valence-corrected chi connectivity index (χ3v) is 4.28. The van der Waals surface area contributed by atoms with Gasteiger partial charge in [-0.3, -0.25) is 15.1 Å². The number of nitro groups is 1. The Hall–Kier alpha value is -4.14. The molecule has 9 heteroatoms. The number of anilines is 4. The van der Waals surface area contributed by atoms with Gasteiger partial charge in [-0.25, -0.2) is 15.0 Å². The molecule has 0 fully saturated rings. The van der Waals surface area contributed by atoms with E-state index in [9.17, 15) is 10.1 Å². The van der Waals surface area contributed by atoms with Crippen molar-refractivity contribution in [3.05, 3.63) is 76.4 Å². The van der Waals surface area contributed by atoms with Crippen molar-refractivity contribution in [2.45, 2.75) is 13.8 Å². The first-order valence-electron chi connectivity index (χ1n) is 8.84. The van der Waals surface area contributed by atoms with Gasteiger partial charge in [0, 0.05) is 17.3 Å². The van der Waals surface area contributed by atoms with Crippen molar-refractivity contribution in [3.63, 3.8) is 0 Å². The molecule has 0 amide bonds. The van der Waals surface area contributed by atoms with Gasteiger partial charge in [-0.15, -0.1) is 0 Å². The van der Waals surface area contributed by atoms with Crippen LogP contribution in [-0.4, -0.2) is 24.9 Å². The number of rotatable bonds is 5. The molecule has 29 heavy (non-hydrogen) atoms. The molecule has 0 saturated heterocycles. The van der Waals surface area contributed by atoms with E-state index in [0.29, 0.717) is 17.0 Å². The van der Waals surface area contributed by atoms with E-state index in [1.54, 1.807) is 18.3 Å². The molecule has 0 aliphatic rings. The molecular formula is C20H17N7O2. The molecular weight excluding hydrogens is 370 g/mol. The van der Waals surface area contributed by atoms with Crippen LogP contribution in [0.15, 0.2) is 55.0 Å². The highest BCUT2D eigenvalue weighted by Gasteiger charge is 2.24. The fourth-order valence-corrected chi connectivity index (χ4v) is 2.93. The summed E-state index contributed by atoms with van der Waals surface area (Å²) in [6.45, 7) is 3.80. The Labute approximate surface area is 166 Å². The van der Waals surface area contributed by atoms with Crippen LogP contribution in [-0.2, 0) is 0 Å². The summed E-state index contributed by atoms with van der Waals surface area (Å²) in [6.07, 6.45) is 2.88. The standard InChI is InChI=1S/C20H17N7O2/c1-12-8-9-21-16(10-12)26-20-18(27(28)29)19(22-11-23-20)25-15-5-3-4-14-7-6-13(2)24-17(14)15/h3-11H,1-2H3,(H2,21,22,23,25,26). The lowest BCUT2D eigenvalue weighted by Crippen LogP contribution is -2.06. The number of benzene rings is 1. The fraction of sp³-hybridized carbons (Fsp3) is 0.100. The molecule has 3 heterocycles. The van der Waals surface area contributed by atoms with E-state index in [4.69, 9.17) is 0 Å². The van der Waals surface area contributed by atoms with E-state index in [0.717, 1.165) is 16.6 Å². The number of aryl methyl sites for hydroxylation is 2. The maximum Gasteiger partial charge on any atom is 0.353 e. The summed E-state index contributed by atoms with van der Waals surface area (Å²) < 4.78 is 0. The molecule has 4 rings (SSSR count). The quantitative estimate of drug-likeness (QED) is 0.381. The molecule has 0 unspecified atom stereocenters. The molecule has 0 spiro atoms. The van der Waals surface area contributed by atoms with Gasteiger partial charge in [-0.05, 0) is 43.7 Å². The highest BCUT2D eigenvalue weighted by atomic mass is 16.6. The van der Waals surface area contributed by atoms with E-state index >= 15 is 0 Å². The number of hydrogen-bond acceptors (Lipinski definition) is 8. The number of fused-ring (bicyclic) bond motifs is 1. The molecule has 1 aromatic carbocycles. The van der Waals surface area contributed by atoms with Gasteiger partial charge < -0.3 is 10.6 Å². The Kier molecular flexibility index (Phi) is 4.70. The van der Waals surface area contributed by atoms with E-state index in [1.165, 1.54) is 6.33 Å². The van der Waals surface area contributed by atoms with Crippen molar-refractivity contribution in [2.24, 2.45) is 0 Å². The highest BCUT2D eigenvalue weighted by molar-refractivity contribution is 5.93. The first-order valence-corrected chi connectivity index (χ1v) is 8.84. The zero-order valence-corrected chi connectivity index (χ0v) is 15.7. The molecule has 0 aliphatic heterocycles. The number of pyridine rings is 2.